The number of hydrogen-bond donors (Lipinski definition) is 0. The van der Waals surface area contributed by atoms with E-state index in [2.05, 4.69) is 6.92 Å². The van der Waals surface area contributed by atoms with Gasteiger partial charge in [-0.05, 0) is 31.6 Å². The second-order valence-corrected chi connectivity index (χ2v) is 7.58. The van der Waals surface area contributed by atoms with Crippen LogP contribution >= 0.6 is 0 Å². The lowest BCUT2D eigenvalue weighted by atomic mass is 9.91. The summed E-state index contributed by atoms with van der Waals surface area (Å²) in [5.41, 5.74) is 0. The van der Waals surface area contributed by atoms with Crippen LogP contribution in [-0.4, -0.2) is 21.0 Å². The van der Waals surface area contributed by atoms with Crippen LogP contribution in [0.2, 0.25) is 0 Å². The van der Waals surface area contributed by atoms with Crippen LogP contribution in [-0.2, 0) is 15.6 Å². The van der Waals surface area contributed by atoms with Gasteiger partial charge in [0.1, 0.15) is 5.78 Å². The Hall–Kier alpha value is -0.180. The van der Waals surface area contributed by atoms with Crippen molar-refractivity contribution < 1.29 is 9.00 Å². The number of carbonyl (C=O) groups excluding carboxylic acids is 1. The molecule has 0 aromatic carbocycles. The van der Waals surface area contributed by atoms with Gasteiger partial charge in [-0.25, -0.2) is 0 Å². The standard InChI is InChI=1S/C14H24O2S/c1-11-5-4-8-13(9-11)17(16)10-14(15)12-6-2-3-7-12/h11-13H,2-10H2,1H3. The molecule has 0 radical (unpaired) electrons. The molecular formula is C14H24O2S. The quantitative estimate of drug-likeness (QED) is 0.774. The van der Waals surface area contributed by atoms with Crippen LogP contribution in [0.1, 0.15) is 58.3 Å². The number of rotatable bonds is 4. The third kappa shape index (κ3) is 3.64. The van der Waals surface area contributed by atoms with Crippen LogP contribution in [0.5, 0.6) is 0 Å². The van der Waals surface area contributed by atoms with Gasteiger partial charge in [-0.15, -0.1) is 0 Å². The maximum absolute atomic E-state index is 12.2. The van der Waals surface area contributed by atoms with E-state index in [4.69, 9.17) is 0 Å². The van der Waals surface area contributed by atoms with Crippen LogP contribution < -0.4 is 0 Å². The molecule has 0 aromatic rings. The Balaban J connectivity index is 1.81. The summed E-state index contributed by atoms with van der Waals surface area (Å²) in [6.07, 6.45) is 9.03. The highest BCUT2D eigenvalue weighted by Crippen LogP contribution is 2.29. The molecule has 3 unspecified atom stereocenters. The minimum absolute atomic E-state index is 0.236. The van der Waals surface area contributed by atoms with Gasteiger partial charge >= 0.3 is 0 Å². The molecule has 3 heteroatoms. The average molecular weight is 256 g/mol. The van der Waals surface area contributed by atoms with Gasteiger partial charge in [0.05, 0.1) is 5.75 Å². The van der Waals surface area contributed by atoms with Gasteiger partial charge in [-0.2, -0.15) is 0 Å². The summed E-state index contributed by atoms with van der Waals surface area (Å²) in [5, 5.41) is 0.295. The Bertz CT molecular complexity index is 295. The number of ketones is 1. The molecule has 0 spiro atoms. The predicted octanol–water partition coefficient (Wildman–Crippen LogP) is 3.07. The van der Waals surface area contributed by atoms with E-state index < -0.39 is 10.8 Å². The first-order valence-corrected chi connectivity index (χ1v) is 8.45. The molecule has 2 nitrogen and oxygen atoms in total. The van der Waals surface area contributed by atoms with Gasteiger partial charge in [-0.1, -0.05) is 32.6 Å². The van der Waals surface area contributed by atoms with Gasteiger partial charge in [0.25, 0.3) is 0 Å². The summed E-state index contributed by atoms with van der Waals surface area (Å²) in [5.74, 6) is 1.54. The lowest BCUT2D eigenvalue weighted by molar-refractivity contribution is -0.120. The maximum atomic E-state index is 12.2. The van der Waals surface area contributed by atoms with Crippen molar-refractivity contribution in [1.82, 2.24) is 0 Å². The number of Topliss-reactive ketones (excluding diaryl/α,β-unsaturated/α-hetero) is 1. The first-order valence-electron chi connectivity index (χ1n) is 7.06. The van der Waals surface area contributed by atoms with Crippen molar-refractivity contribution in [3.05, 3.63) is 0 Å². The molecule has 2 aliphatic carbocycles. The van der Waals surface area contributed by atoms with Crippen molar-refractivity contribution in [1.29, 1.82) is 0 Å². The molecule has 2 rings (SSSR count). The molecule has 0 bridgehead atoms. The fraction of sp³-hybridized carbons (Fsp3) is 0.929. The fourth-order valence-electron chi connectivity index (χ4n) is 3.24. The third-order valence-corrected chi connectivity index (χ3v) is 6.10. The largest absolute Gasteiger partial charge is 0.298 e. The van der Waals surface area contributed by atoms with Crippen molar-refractivity contribution in [3.8, 4) is 0 Å². The lowest BCUT2D eigenvalue weighted by Crippen LogP contribution is -2.29. The first kappa shape index (κ1) is 13.3. The van der Waals surface area contributed by atoms with E-state index >= 15 is 0 Å². The third-order valence-electron chi connectivity index (χ3n) is 4.36. The Kier molecular flexibility index (Phi) is 4.78. The van der Waals surface area contributed by atoms with E-state index in [0.29, 0.717) is 16.9 Å². The van der Waals surface area contributed by atoms with Crippen molar-refractivity contribution in [2.75, 3.05) is 5.75 Å². The number of hydrogen-bond acceptors (Lipinski definition) is 2. The monoisotopic (exact) mass is 256 g/mol. The Morgan fingerprint density at radius 2 is 1.82 bits per heavy atom. The van der Waals surface area contributed by atoms with Gasteiger partial charge < -0.3 is 0 Å². The lowest BCUT2D eigenvalue weighted by Gasteiger charge is -2.26. The minimum atomic E-state index is -0.903. The zero-order chi connectivity index (χ0) is 12.3. The Labute approximate surface area is 107 Å². The van der Waals surface area contributed by atoms with E-state index in [1.54, 1.807) is 0 Å². The molecule has 0 amide bonds. The van der Waals surface area contributed by atoms with Crippen molar-refractivity contribution >= 4 is 16.6 Å². The number of carbonyl (C=O) groups is 1. The summed E-state index contributed by atoms with van der Waals surface area (Å²) >= 11 is 0. The second-order valence-electron chi connectivity index (χ2n) is 5.87. The van der Waals surface area contributed by atoms with Crippen LogP contribution in [0.25, 0.3) is 0 Å². The second kappa shape index (κ2) is 6.12. The molecule has 3 atom stereocenters. The molecular weight excluding hydrogens is 232 g/mol. The van der Waals surface area contributed by atoms with Crippen molar-refractivity contribution in [3.63, 3.8) is 0 Å². The van der Waals surface area contributed by atoms with Crippen LogP contribution in [0, 0.1) is 11.8 Å². The van der Waals surface area contributed by atoms with E-state index in [9.17, 15) is 9.00 Å². The molecule has 0 aliphatic heterocycles. The fourth-order valence-corrected chi connectivity index (χ4v) is 4.97. The Morgan fingerprint density at radius 3 is 2.47 bits per heavy atom. The molecule has 98 valence electrons. The summed E-state index contributed by atoms with van der Waals surface area (Å²) < 4.78 is 12.2. The van der Waals surface area contributed by atoms with E-state index in [1.807, 2.05) is 0 Å². The molecule has 0 aromatic heterocycles. The summed E-state index contributed by atoms with van der Waals surface area (Å²) in [4.78, 5) is 12.0. The Morgan fingerprint density at radius 1 is 1.12 bits per heavy atom. The highest BCUT2D eigenvalue weighted by atomic mass is 32.2. The smallest absolute Gasteiger partial charge is 0.148 e. The van der Waals surface area contributed by atoms with Crippen LogP contribution in [0.4, 0.5) is 0 Å². The zero-order valence-corrected chi connectivity index (χ0v) is 11.6. The van der Waals surface area contributed by atoms with Gasteiger partial charge in [0.2, 0.25) is 0 Å². The normalized spacial score (nSPS) is 32.5. The highest BCUT2D eigenvalue weighted by Gasteiger charge is 2.28. The minimum Gasteiger partial charge on any atom is -0.298 e. The molecule has 2 saturated carbocycles. The summed E-state index contributed by atoms with van der Waals surface area (Å²) in [6, 6.07) is 0. The average Bonchev–Trinajstić information content (AvgIpc) is 2.82. The topological polar surface area (TPSA) is 34.1 Å². The molecule has 0 N–H and O–H groups in total. The first-order chi connectivity index (χ1) is 8.16. The van der Waals surface area contributed by atoms with E-state index in [1.165, 1.54) is 25.7 Å². The van der Waals surface area contributed by atoms with Gasteiger partial charge in [0.15, 0.2) is 0 Å². The summed E-state index contributed by atoms with van der Waals surface area (Å²) in [7, 11) is -0.903. The molecule has 2 fully saturated rings. The van der Waals surface area contributed by atoms with E-state index in [0.717, 1.165) is 25.7 Å². The SMILES string of the molecule is CC1CCCC(S(=O)CC(=O)C2CCCC2)C1. The molecule has 0 heterocycles. The van der Waals surface area contributed by atoms with Crippen molar-refractivity contribution in [2.24, 2.45) is 11.8 Å². The highest BCUT2D eigenvalue weighted by molar-refractivity contribution is 7.86. The van der Waals surface area contributed by atoms with Gasteiger partial charge in [-0.3, -0.25) is 9.00 Å². The summed E-state index contributed by atoms with van der Waals surface area (Å²) in [6.45, 7) is 2.24. The molecule has 2 aliphatic rings. The molecule has 0 saturated heterocycles. The molecule has 17 heavy (non-hydrogen) atoms. The van der Waals surface area contributed by atoms with Crippen LogP contribution in [0.3, 0.4) is 0 Å². The van der Waals surface area contributed by atoms with E-state index in [-0.39, 0.29) is 11.7 Å². The zero-order valence-electron chi connectivity index (χ0n) is 10.8. The van der Waals surface area contributed by atoms with Gasteiger partial charge in [0, 0.05) is 22.0 Å². The van der Waals surface area contributed by atoms with Crippen molar-refractivity contribution in [2.45, 2.75) is 63.5 Å². The predicted molar refractivity (Wildman–Crippen MR) is 71.4 cm³/mol. The van der Waals surface area contributed by atoms with Crippen LogP contribution in [0.15, 0.2) is 0 Å². The maximum Gasteiger partial charge on any atom is 0.148 e.